The number of fused-ring (bicyclic) bond motifs is 1. The van der Waals surface area contributed by atoms with Gasteiger partial charge in [-0.25, -0.2) is 9.59 Å². The lowest BCUT2D eigenvalue weighted by Gasteiger charge is -2.32. The van der Waals surface area contributed by atoms with Crippen molar-refractivity contribution in [2.45, 2.75) is 52.4 Å². The fraction of sp³-hybridized carbons (Fsp3) is 0.600. The molecule has 3 atom stereocenters. The summed E-state index contributed by atoms with van der Waals surface area (Å²) in [6.45, 7) is 9.35. The van der Waals surface area contributed by atoms with Gasteiger partial charge in [0.05, 0.1) is 12.1 Å². The van der Waals surface area contributed by atoms with E-state index in [4.69, 9.17) is 9.47 Å². The maximum Gasteiger partial charge on any atom is 0.341 e. The van der Waals surface area contributed by atoms with Gasteiger partial charge in [-0.2, -0.15) is 0 Å². The lowest BCUT2D eigenvalue weighted by atomic mass is 9.85. The molecule has 7 heteroatoms. The molecule has 0 aromatic rings. The summed E-state index contributed by atoms with van der Waals surface area (Å²) < 4.78 is 10.8. The minimum Gasteiger partial charge on any atom is -0.459 e. The Hall–Kier alpha value is -1.96. The van der Waals surface area contributed by atoms with E-state index in [1.54, 1.807) is 33.8 Å². The number of rotatable bonds is 7. The zero-order valence-electron chi connectivity index (χ0n) is 16.6. The van der Waals surface area contributed by atoms with Gasteiger partial charge >= 0.3 is 11.9 Å². The summed E-state index contributed by atoms with van der Waals surface area (Å²) in [4.78, 5) is 26.5. The summed E-state index contributed by atoms with van der Waals surface area (Å²) in [7, 11) is 0. The third-order valence-corrected chi connectivity index (χ3v) is 5.28. The zero-order chi connectivity index (χ0) is 20.4. The van der Waals surface area contributed by atoms with Crippen molar-refractivity contribution in [3.63, 3.8) is 0 Å². The number of aliphatic hydroxyl groups is 2. The fourth-order valence-corrected chi connectivity index (χ4v) is 3.24. The van der Waals surface area contributed by atoms with E-state index in [0.29, 0.717) is 24.4 Å². The molecule has 0 saturated carbocycles. The molecule has 0 saturated heterocycles. The summed E-state index contributed by atoms with van der Waals surface area (Å²) in [5, 5.41) is 20.3. The lowest BCUT2D eigenvalue weighted by Crippen LogP contribution is -2.53. The molecule has 0 aliphatic carbocycles. The van der Waals surface area contributed by atoms with E-state index in [1.165, 1.54) is 6.92 Å². The highest BCUT2D eigenvalue weighted by molar-refractivity contribution is 5.88. The average molecular weight is 379 g/mol. The van der Waals surface area contributed by atoms with E-state index in [0.717, 1.165) is 5.57 Å². The molecule has 0 aromatic carbocycles. The normalized spacial score (nSPS) is 23.4. The van der Waals surface area contributed by atoms with Crippen molar-refractivity contribution >= 4 is 11.9 Å². The van der Waals surface area contributed by atoms with Gasteiger partial charge in [0.2, 0.25) is 0 Å². The van der Waals surface area contributed by atoms with Gasteiger partial charge < -0.3 is 19.7 Å². The van der Waals surface area contributed by atoms with Crippen LogP contribution in [0.3, 0.4) is 0 Å². The maximum absolute atomic E-state index is 12.4. The van der Waals surface area contributed by atoms with Gasteiger partial charge in [-0.05, 0) is 38.3 Å². The predicted octanol–water partition coefficient (Wildman–Crippen LogP) is 1.31. The largest absolute Gasteiger partial charge is 0.459 e. The van der Waals surface area contributed by atoms with Gasteiger partial charge in [-0.15, -0.1) is 0 Å². The van der Waals surface area contributed by atoms with Gasteiger partial charge in [0.25, 0.3) is 0 Å². The number of hydrogen-bond donors (Lipinski definition) is 2. The highest BCUT2D eigenvalue weighted by atomic mass is 16.6. The predicted molar refractivity (Wildman–Crippen MR) is 99.5 cm³/mol. The number of allylic oxidation sites excluding steroid dienone is 1. The number of aliphatic hydroxyl groups excluding tert-OH is 1. The van der Waals surface area contributed by atoms with E-state index in [2.05, 4.69) is 4.90 Å². The Balaban J connectivity index is 2.04. The third kappa shape index (κ3) is 4.15. The lowest BCUT2D eigenvalue weighted by molar-refractivity contribution is -0.183. The fourth-order valence-electron chi connectivity index (χ4n) is 3.24. The van der Waals surface area contributed by atoms with Crippen LogP contribution in [0.4, 0.5) is 0 Å². The van der Waals surface area contributed by atoms with Gasteiger partial charge in [0.1, 0.15) is 12.4 Å². The van der Waals surface area contributed by atoms with Crippen LogP contribution in [0.1, 0.15) is 34.6 Å². The molecule has 0 spiro atoms. The molecule has 0 radical (unpaired) electrons. The van der Waals surface area contributed by atoms with Crippen LogP contribution in [-0.2, 0) is 19.1 Å². The SMILES string of the molecule is C/C=C(\C)C(=O)OC1=CCN2CC=C(COC(=O)[C@@](O)(C(C)C)[C@H](C)O)[C@H]12. The summed E-state index contributed by atoms with van der Waals surface area (Å²) in [6, 6.07) is -0.259. The molecule has 2 heterocycles. The molecule has 7 nitrogen and oxygen atoms in total. The van der Waals surface area contributed by atoms with Crippen LogP contribution in [0.25, 0.3) is 0 Å². The van der Waals surface area contributed by atoms with Crippen molar-refractivity contribution in [3.05, 3.63) is 35.1 Å². The molecule has 2 aliphatic rings. The highest BCUT2D eigenvalue weighted by Gasteiger charge is 2.46. The Morgan fingerprint density at radius 1 is 1.33 bits per heavy atom. The van der Waals surface area contributed by atoms with E-state index < -0.39 is 29.6 Å². The molecule has 0 aromatic heterocycles. The minimum absolute atomic E-state index is 0.0424. The van der Waals surface area contributed by atoms with Crippen molar-refractivity contribution < 1.29 is 29.3 Å². The first-order valence-electron chi connectivity index (χ1n) is 9.18. The van der Waals surface area contributed by atoms with E-state index in [9.17, 15) is 19.8 Å². The van der Waals surface area contributed by atoms with E-state index in [1.807, 2.05) is 12.2 Å². The molecular weight excluding hydrogens is 350 g/mol. The number of esters is 2. The van der Waals surface area contributed by atoms with Crippen molar-refractivity contribution in [1.29, 1.82) is 0 Å². The summed E-state index contributed by atoms with van der Waals surface area (Å²) >= 11 is 0. The molecule has 0 amide bonds. The number of nitrogens with zero attached hydrogens (tertiary/aromatic N) is 1. The second-order valence-corrected chi connectivity index (χ2v) is 7.34. The molecule has 0 fully saturated rings. The van der Waals surface area contributed by atoms with Crippen LogP contribution < -0.4 is 0 Å². The second-order valence-electron chi connectivity index (χ2n) is 7.34. The summed E-state index contributed by atoms with van der Waals surface area (Å²) in [5.74, 6) is -1.25. The molecule has 2 N–H and O–H groups in total. The number of carbonyl (C=O) groups excluding carboxylic acids is 2. The van der Waals surface area contributed by atoms with Crippen LogP contribution in [0.5, 0.6) is 0 Å². The first-order chi connectivity index (χ1) is 12.6. The average Bonchev–Trinajstić information content (AvgIpc) is 3.20. The van der Waals surface area contributed by atoms with E-state index >= 15 is 0 Å². The van der Waals surface area contributed by atoms with Crippen molar-refractivity contribution in [1.82, 2.24) is 4.90 Å². The summed E-state index contributed by atoms with van der Waals surface area (Å²) in [6.07, 6.45) is 4.20. The Morgan fingerprint density at radius 3 is 2.52 bits per heavy atom. The highest BCUT2D eigenvalue weighted by Crippen LogP contribution is 2.32. The zero-order valence-corrected chi connectivity index (χ0v) is 16.6. The molecule has 2 rings (SSSR count). The van der Waals surface area contributed by atoms with Crippen molar-refractivity contribution in [2.24, 2.45) is 5.92 Å². The van der Waals surface area contributed by atoms with Crippen LogP contribution in [0.2, 0.25) is 0 Å². The monoisotopic (exact) mass is 379 g/mol. The van der Waals surface area contributed by atoms with Crippen LogP contribution in [0, 0.1) is 5.92 Å². The minimum atomic E-state index is -1.97. The first-order valence-corrected chi connectivity index (χ1v) is 9.18. The van der Waals surface area contributed by atoms with Gasteiger partial charge in [-0.1, -0.05) is 26.0 Å². The number of carbonyl (C=O) groups is 2. The van der Waals surface area contributed by atoms with Gasteiger partial charge in [-0.3, -0.25) is 4.90 Å². The molecule has 0 unspecified atom stereocenters. The van der Waals surface area contributed by atoms with Crippen LogP contribution in [0.15, 0.2) is 35.1 Å². The van der Waals surface area contributed by atoms with E-state index in [-0.39, 0.29) is 12.6 Å². The van der Waals surface area contributed by atoms with Gasteiger partial charge in [0.15, 0.2) is 5.60 Å². The number of hydrogen-bond acceptors (Lipinski definition) is 7. The Kier molecular flexibility index (Phi) is 6.62. The quantitative estimate of drug-likeness (QED) is 0.391. The van der Waals surface area contributed by atoms with Gasteiger partial charge in [0, 0.05) is 18.7 Å². The molecule has 150 valence electrons. The van der Waals surface area contributed by atoms with Crippen LogP contribution in [-0.4, -0.2) is 64.5 Å². The van der Waals surface area contributed by atoms with Crippen molar-refractivity contribution in [2.75, 3.05) is 19.7 Å². The molecule has 27 heavy (non-hydrogen) atoms. The third-order valence-electron chi connectivity index (χ3n) is 5.28. The maximum atomic E-state index is 12.4. The Bertz CT molecular complexity index is 681. The first kappa shape index (κ1) is 21.3. The standard InChI is InChI=1S/C20H29NO6/c1-6-13(4)18(23)27-16-8-10-21-9-7-15(17(16)21)11-26-19(24)20(25,12(2)3)14(5)22/h6-8,12,14,17,22,25H,9-11H2,1-5H3/b13-6+/t14-,17+,20+/m0/s1. The van der Waals surface area contributed by atoms with Crippen LogP contribution >= 0.6 is 0 Å². The Morgan fingerprint density at radius 2 is 1.96 bits per heavy atom. The molecular formula is C20H29NO6. The molecule has 0 bridgehead atoms. The Labute approximate surface area is 159 Å². The summed E-state index contributed by atoms with van der Waals surface area (Å²) in [5.41, 5.74) is -0.666. The topological polar surface area (TPSA) is 96.3 Å². The number of ether oxygens (including phenoxy) is 2. The van der Waals surface area contributed by atoms with Crippen molar-refractivity contribution in [3.8, 4) is 0 Å². The smallest absolute Gasteiger partial charge is 0.341 e. The second kappa shape index (κ2) is 8.37. The molecule has 2 aliphatic heterocycles.